The first-order valence-electron chi connectivity index (χ1n) is 12.9. The maximum atomic E-state index is 6.70. The van der Waals surface area contributed by atoms with E-state index in [1.807, 2.05) is 0 Å². The minimum atomic E-state index is 0.376. The lowest BCUT2D eigenvalue weighted by atomic mass is 9.97. The average Bonchev–Trinajstić information content (AvgIpc) is 3.33. The minimum Gasteiger partial charge on any atom is -0.454 e. The first-order chi connectivity index (χ1) is 18.2. The maximum absolute atomic E-state index is 6.70. The number of hydrogen-bond donors (Lipinski definition) is 1. The summed E-state index contributed by atoms with van der Waals surface area (Å²) < 4.78 is 6.70. The van der Waals surface area contributed by atoms with Gasteiger partial charge in [0, 0.05) is 22.0 Å². The molecule has 0 unspecified atom stereocenters. The highest BCUT2D eigenvalue weighted by Crippen LogP contribution is 2.43. The van der Waals surface area contributed by atoms with Gasteiger partial charge in [-0.05, 0) is 56.8 Å². The highest BCUT2D eigenvalue weighted by Gasteiger charge is 2.19. The lowest BCUT2D eigenvalue weighted by Gasteiger charge is -2.14. The molecular weight excluding hydrogens is 450 g/mol. The summed E-state index contributed by atoms with van der Waals surface area (Å²) in [5.41, 5.74) is 7.50. The number of benzene rings is 6. The van der Waals surface area contributed by atoms with Gasteiger partial charge in [-0.25, -0.2) is 0 Å². The van der Waals surface area contributed by atoms with E-state index in [1.165, 1.54) is 43.4 Å². The summed E-state index contributed by atoms with van der Waals surface area (Å²) in [5.74, 6) is 0.376. The van der Waals surface area contributed by atoms with Gasteiger partial charge in [-0.1, -0.05) is 111 Å². The fourth-order valence-electron chi connectivity index (χ4n) is 5.56. The Morgan fingerprint density at radius 3 is 2.16 bits per heavy atom. The van der Waals surface area contributed by atoms with Crippen LogP contribution in [0.4, 0.5) is 11.4 Å². The molecule has 7 aromatic rings. The zero-order valence-corrected chi connectivity index (χ0v) is 21.0. The van der Waals surface area contributed by atoms with Crippen molar-refractivity contribution in [2.24, 2.45) is 0 Å². The number of furan rings is 1. The molecule has 0 fully saturated rings. The van der Waals surface area contributed by atoms with Crippen molar-refractivity contribution < 1.29 is 4.42 Å². The molecule has 2 nitrogen and oxygen atoms in total. The Morgan fingerprint density at radius 2 is 1.30 bits per heavy atom. The van der Waals surface area contributed by atoms with Crippen LogP contribution in [0.15, 0.2) is 120 Å². The van der Waals surface area contributed by atoms with Crippen molar-refractivity contribution in [3.8, 4) is 11.1 Å². The van der Waals surface area contributed by atoms with Gasteiger partial charge in [0.2, 0.25) is 0 Å². The van der Waals surface area contributed by atoms with Crippen LogP contribution < -0.4 is 5.32 Å². The molecule has 0 aliphatic carbocycles. The number of nitrogens with one attached hydrogen (secondary N) is 1. The molecule has 6 aromatic carbocycles. The largest absolute Gasteiger partial charge is 0.454 e. The van der Waals surface area contributed by atoms with Crippen LogP contribution in [0.25, 0.3) is 54.6 Å². The molecule has 1 aromatic heterocycles. The van der Waals surface area contributed by atoms with Crippen LogP contribution in [0.5, 0.6) is 0 Å². The zero-order valence-electron chi connectivity index (χ0n) is 21.0. The van der Waals surface area contributed by atoms with E-state index in [4.69, 9.17) is 4.42 Å². The number of anilines is 2. The van der Waals surface area contributed by atoms with Gasteiger partial charge >= 0.3 is 0 Å². The Hall–Kier alpha value is -4.56. The highest BCUT2D eigenvalue weighted by atomic mass is 16.3. The van der Waals surface area contributed by atoms with Crippen LogP contribution in [0, 0.1) is 0 Å². The van der Waals surface area contributed by atoms with Crippen molar-refractivity contribution in [2.45, 2.75) is 19.8 Å². The van der Waals surface area contributed by atoms with E-state index < -0.39 is 0 Å². The second kappa shape index (κ2) is 8.53. The van der Waals surface area contributed by atoms with Crippen molar-refractivity contribution in [3.63, 3.8) is 0 Å². The summed E-state index contributed by atoms with van der Waals surface area (Å²) in [7, 11) is 0. The third kappa shape index (κ3) is 3.56. The molecule has 0 bridgehead atoms. The van der Waals surface area contributed by atoms with E-state index >= 15 is 0 Å². The fraction of sp³-hybridized carbons (Fsp3) is 0.0857. The first-order valence-corrected chi connectivity index (χ1v) is 12.9. The lowest BCUT2D eigenvalue weighted by Crippen LogP contribution is -1.94. The average molecular weight is 478 g/mol. The highest BCUT2D eigenvalue weighted by molar-refractivity contribution is 6.22. The van der Waals surface area contributed by atoms with Crippen molar-refractivity contribution in [3.05, 3.63) is 121 Å². The van der Waals surface area contributed by atoms with Crippen LogP contribution >= 0.6 is 0 Å². The number of rotatable bonds is 4. The summed E-state index contributed by atoms with van der Waals surface area (Å²) in [6.45, 7) is 4.44. The summed E-state index contributed by atoms with van der Waals surface area (Å²) in [5, 5.41) is 11.0. The SMILES string of the molecule is CC(C)c1cccc2c1oc1c(Nc3ccccc3-c3ccc4ccccc4c3)cc3ccccc3c12. The number of hydrogen-bond acceptors (Lipinski definition) is 2. The van der Waals surface area contributed by atoms with Gasteiger partial charge in [0.25, 0.3) is 0 Å². The Morgan fingerprint density at radius 1 is 0.568 bits per heavy atom. The van der Waals surface area contributed by atoms with Gasteiger partial charge in [0.15, 0.2) is 5.58 Å². The molecule has 0 radical (unpaired) electrons. The van der Waals surface area contributed by atoms with E-state index in [0.29, 0.717) is 5.92 Å². The second-order valence-corrected chi connectivity index (χ2v) is 10.1. The summed E-state index contributed by atoms with van der Waals surface area (Å²) in [6.07, 6.45) is 0. The number of fused-ring (bicyclic) bond motifs is 6. The quantitative estimate of drug-likeness (QED) is 0.273. The molecule has 37 heavy (non-hydrogen) atoms. The van der Waals surface area contributed by atoms with Crippen molar-refractivity contribution in [1.29, 1.82) is 0 Å². The van der Waals surface area contributed by atoms with E-state index in [1.54, 1.807) is 0 Å². The smallest absolute Gasteiger partial charge is 0.159 e. The first kappa shape index (κ1) is 21.7. The van der Waals surface area contributed by atoms with Crippen LogP contribution in [0.1, 0.15) is 25.3 Å². The van der Waals surface area contributed by atoms with Gasteiger partial charge in [0.1, 0.15) is 5.58 Å². The van der Waals surface area contributed by atoms with Crippen LogP contribution in [-0.4, -0.2) is 0 Å². The van der Waals surface area contributed by atoms with Crippen molar-refractivity contribution in [1.82, 2.24) is 0 Å². The van der Waals surface area contributed by atoms with Crippen LogP contribution in [0.3, 0.4) is 0 Å². The Bertz CT molecular complexity index is 1940. The Labute approximate surface area is 216 Å². The van der Waals surface area contributed by atoms with Gasteiger partial charge in [-0.15, -0.1) is 0 Å². The van der Waals surface area contributed by atoms with Crippen LogP contribution in [0.2, 0.25) is 0 Å². The fourth-order valence-corrected chi connectivity index (χ4v) is 5.56. The molecule has 7 rings (SSSR count). The third-order valence-corrected chi connectivity index (χ3v) is 7.40. The normalized spacial score (nSPS) is 11.8. The Balaban J connectivity index is 1.45. The minimum absolute atomic E-state index is 0.376. The maximum Gasteiger partial charge on any atom is 0.159 e. The standard InChI is InChI=1S/C35H27NO/c1-22(2)27-15-9-16-30-33-29-14-6-5-12-25(29)21-32(35(33)37-34(27)30)36-31-17-8-7-13-28(31)26-19-18-23-10-3-4-11-24(23)20-26/h3-22,36H,1-2H3. The molecule has 1 heterocycles. The van der Waals surface area contributed by atoms with Crippen molar-refractivity contribution in [2.75, 3.05) is 5.32 Å². The van der Waals surface area contributed by atoms with Crippen molar-refractivity contribution >= 4 is 54.9 Å². The van der Waals surface area contributed by atoms with E-state index in [0.717, 1.165) is 28.1 Å². The van der Waals surface area contributed by atoms with Gasteiger partial charge < -0.3 is 9.73 Å². The molecule has 0 amide bonds. The number of para-hydroxylation sites is 2. The topological polar surface area (TPSA) is 25.2 Å². The van der Waals surface area contributed by atoms with E-state index in [2.05, 4.69) is 134 Å². The van der Waals surface area contributed by atoms with Crippen LogP contribution in [-0.2, 0) is 0 Å². The molecule has 0 aliphatic rings. The summed E-state index contributed by atoms with van der Waals surface area (Å²) >= 11 is 0. The molecule has 0 atom stereocenters. The molecule has 1 N–H and O–H groups in total. The summed E-state index contributed by atoms with van der Waals surface area (Å²) in [4.78, 5) is 0. The molecule has 2 heteroatoms. The van der Waals surface area contributed by atoms with E-state index in [9.17, 15) is 0 Å². The molecule has 0 spiro atoms. The molecule has 0 aliphatic heterocycles. The lowest BCUT2D eigenvalue weighted by molar-refractivity contribution is 0.658. The Kier molecular flexibility index (Phi) is 5.00. The monoisotopic (exact) mass is 477 g/mol. The molecule has 178 valence electrons. The molecular formula is C35H27NO. The van der Waals surface area contributed by atoms with Gasteiger partial charge in [-0.2, -0.15) is 0 Å². The van der Waals surface area contributed by atoms with Gasteiger partial charge in [-0.3, -0.25) is 0 Å². The van der Waals surface area contributed by atoms with E-state index in [-0.39, 0.29) is 0 Å². The second-order valence-electron chi connectivity index (χ2n) is 10.1. The summed E-state index contributed by atoms with van der Waals surface area (Å²) in [6, 6.07) is 41.0. The third-order valence-electron chi connectivity index (χ3n) is 7.40. The van der Waals surface area contributed by atoms with Gasteiger partial charge in [0.05, 0.1) is 5.69 Å². The molecule has 0 saturated carbocycles. The predicted octanol–water partition coefficient (Wildman–Crippen LogP) is 10.4. The molecule has 0 saturated heterocycles. The predicted molar refractivity (Wildman–Crippen MR) is 158 cm³/mol. The zero-order chi connectivity index (χ0) is 24.9.